The van der Waals surface area contributed by atoms with E-state index in [4.69, 9.17) is 0 Å². The predicted molar refractivity (Wildman–Crippen MR) is 136 cm³/mol. The Kier molecular flexibility index (Phi) is 8.23. The Morgan fingerprint density at radius 3 is 2.52 bits per heavy atom. The molecular weight excluding hydrogens is 462 g/mol. The van der Waals surface area contributed by atoms with Crippen molar-refractivity contribution in [2.45, 2.75) is 19.3 Å². The molecule has 1 aromatic heterocycles. The third-order valence-corrected chi connectivity index (χ3v) is 6.70. The minimum Gasteiger partial charge on any atom is -0.366 e. The number of carbonyl (C=O) groups is 1. The lowest BCUT2D eigenvalue weighted by atomic mass is 10.1. The summed E-state index contributed by atoms with van der Waals surface area (Å²) in [6.07, 6.45) is 3.19. The van der Waals surface area contributed by atoms with E-state index in [0.29, 0.717) is 29.5 Å². The third kappa shape index (κ3) is 5.61. The van der Waals surface area contributed by atoms with Gasteiger partial charge in [-0.05, 0) is 57.6 Å². The van der Waals surface area contributed by atoms with E-state index in [9.17, 15) is 14.9 Å². The van der Waals surface area contributed by atoms with E-state index in [0.717, 1.165) is 42.6 Å². The highest BCUT2D eigenvalue weighted by Crippen LogP contribution is 2.33. The zero-order chi connectivity index (χ0) is 22.7. The summed E-state index contributed by atoms with van der Waals surface area (Å²) in [6.45, 7) is 2.69. The van der Waals surface area contributed by atoms with E-state index in [1.165, 1.54) is 17.4 Å². The number of thiazole rings is 1. The highest BCUT2D eigenvalue weighted by molar-refractivity contribution is 7.22. The SMILES string of the molecule is CN(C)CCN(C(=O)c1ccc(N2CCCCC2)c([N+](=O)[O-])c1)c1nc2ccccc2s1.Cl. The predicted octanol–water partition coefficient (Wildman–Crippen LogP) is 4.83. The lowest BCUT2D eigenvalue weighted by Crippen LogP contribution is -2.37. The first-order valence-corrected chi connectivity index (χ1v) is 11.6. The van der Waals surface area contributed by atoms with Crippen LogP contribution in [0.2, 0.25) is 0 Å². The number of nitro benzene ring substituents is 1. The average molecular weight is 490 g/mol. The molecule has 33 heavy (non-hydrogen) atoms. The number of carbonyl (C=O) groups excluding carboxylic acids is 1. The van der Waals surface area contributed by atoms with Crippen molar-refractivity contribution in [1.29, 1.82) is 0 Å². The molecule has 176 valence electrons. The molecular formula is C23H28ClN5O3S. The lowest BCUT2D eigenvalue weighted by molar-refractivity contribution is -0.384. The van der Waals surface area contributed by atoms with Crippen LogP contribution in [0.1, 0.15) is 29.6 Å². The summed E-state index contributed by atoms with van der Waals surface area (Å²) < 4.78 is 0.997. The molecule has 2 heterocycles. The van der Waals surface area contributed by atoms with Crippen LogP contribution in [0, 0.1) is 10.1 Å². The number of nitro groups is 1. The molecule has 1 aliphatic heterocycles. The molecule has 10 heteroatoms. The van der Waals surface area contributed by atoms with Crippen molar-refractivity contribution in [2.24, 2.45) is 0 Å². The highest BCUT2D eigenvalue weighted by atomic mass is 35.5. The monoisotopic (exact) mass is 489 g/mol. The number of piperidine rings is 1. The van der Waals surface area contributed by atoms with Crippen LogP contribution in [0.15, 0.2) is 42.5 Å². The summed E-state index contributed by atoms with van der Waals surface area (Å²) in [5.74, 6) is -0.279. The van der Waals surface area contributed by atoms with Gasteiger partial charge < -0.3 is 9.80 Å². The van der Waals surface area contributed by atoms with Crippen molar-refractivity contribution >= 4 is 56.4 Å². The molecule has 0 spiro atoms. The second kappa shape index (κ2) is 10.9. The van der Waals surface area contributed by atoms with Gasteiger partial charge in [-0.1, -0.05) is 23.5 Å². The Hall–Kier alpha value is -2.75. The highest BCUT2D eigenvalue weighted by Gasteiger charge is 2.26. The van der Waals surface area contributed by atoms with Crippen LogP contribution in [0.3, 0.4) is 0 Å². The molecule has 1 aliphatic rings. The van der Waals surface area contributed by atoms with Gasteiger partial charge in [0, 0.05) is 37.8 Å². The first-order chi connectivity index (χ1) is 15.4. The quantitative estimate of drug-likeness (QED) is 0.349. The fourth-order valence-electron chi connectivity index (χ4n) is 3.92. The molecule has 4 rings (SSSR count). The van der Waals surface area contributed by atoms with E-state index in [1.807, 2.05) is 48.2 Å². The number of benzene rings is 2. The lowest BCUT2D eigenvalue weighted by Gasteiger charge is -2.28. The Bertz CT molecular complexity index is 1100. The van der Waals surface area contributed by atoms with Gasteiger partial charge in [-0.2, -0.15) is 0 Å². The summed E-state index contributed by atoms with van der Waals surface area (Å²) in [4.78, 5) is 35.3. The number of para-hydroxylation sites is 1. The Morgan fingerprint density at radius 1 is 1.12 bits per heavy atom. The maximum absolute atomic E-state index is 13.5. The summed E-state index contributed by atoms with van der Waals surface area (Å²) in [7, 11) is 3.89. The van der Waals surface area contributed by atoms with Crippen LogP contribution in [0.4, 0.5) is 16.5 Å². The first-order valence-electron chi connectivity index (χ1n) is 10.8. The van der Waals surface area contributed by atoms with Crippen LogP contribution in [-0.2, 0) is 0 Å². The van der Waals surface area contributed by atoms with Crippen molar-refractivity contribution in [1.82, 2.24) is 9.88 Å². The molecule has 1 fully saturated rings. The third-order valence-electron chi connectivity index (χ3n) is 5.65. The molecule has 0 bridgehead atoms. The van der Waals surface area contributed by atoms with Crippen molar-refractivity contribution in [3.63, 3.8) is 0 Å². The summed E-state index contributed by atoms with van der Waals surface area (Å²) in [5.41, 5.74) is 1.71. The first kappa shape index (κ1) is 24.9. The average Bonchev–Trinajstić information content (AvgIpc) is 3.23. The largest absolute Gasteiger partial charge is 0.366 e. The van der Waals surface area contributed by atoms with Gasteiger partial charge in [0.05, 0.1) is 15.1 Å². The standard InChI is InChI=1S/C23H27N5O3S.ClH/c1-25(2)14-15-27(23-24-18-8-4-5-9-21(18)32-23)22(29)17-10-11-19(20(16-17)28(30)31)26-12-6-3-7-13-26;/h4-5,8-11,16H,3,6-7,12-15H2,1-2H3;1H. The molecule has 1 amide bonds. The number of halogens is 1. The van der Waals surface area contributed by atoms with Gasteiger partial charge in [-0.15, -0.1) is 12.4 Å². The minimum absolute atomic E-state index is 0. The number of hydrogen-bond acceptors (Lipinski definition) is 7. The van der Waals surface area contributed by atoms with Crippen molar-refractivity contribution in [3.8, 4) is 0 Å². The van der Waals surface area contributed by atoms with E-state index in [-0.39, 0.29) is 28.9 Å². The fraction of sp³-hybridized carbons (Fsp3) is 0.391. The number of anilines is 2. The second-order valence-corrected chi connectivity index (χ2v) is 9.24. The topological polar surface area (TPSA) is 82.8 Å². The Morgan fingerprint density at radius 2 is 1.85 bits per heavy atom. The smallest absolute Gasteiger partial charge is 0.293 e. The number of fused-ring (bicyclic) bond motifs is 1. The molecule has 0 radical (unpaired) electrons. The van der Waals surface area contributed by atoms with Crippen molar-refractivity contribution < 1.29 is 9.72 Å². The van der Waals surface area contributed by atoms with Crippen LogP contribution < -0.4 is 9.80 Å². The summed E-state index contributed by atoms with van der Waals surface area (Å²) >= 11 is 1.45. The molecule has 3 aromatic rings. The molecule has 8 nitrogen and oxygen atoms in total. The van der Waals surface area contributed by atoms with E-state index < -0.39 is 0 Å². The molecule has 0 aliphatic carbocycles. The second-order valence-electron chi connectivity index (χ2n) is 8.23. The number of aromatic nitrogens is 1. The maximum atomic E-state index is 13.5. The van der Waals surface area contributed by atoms with Crippen LogP contribution in [-0.4, -0.2) is 61.0 Å². The molecule has 2 aromatic carbocycles. The van der Waals surface area contributed by atoms with Gasteiger partial charge in [0.2, 0.25) is 0 Å². The normalized spacial score (nSPS) is 13.7. The van der Waals surface area contributed by atoms with Gasteiger partial charge in [0.25, 0.3) is 11.6 Å². The number of hydrogen-bond donors (Lipinski definition) is 0. The van der Waals surface area contributed by atoms with Gasteiger partial charge in [0.15, 0.2) is 5.13 Å². The van der Waals surface area contributed by atoms with E-state index in [2.05, 4.69) is 4.98 Å². The van der Waals surface area contributed by atoms with Crippen molar-refractivity contribution in [2.75, 3.05) is 50.1 Å². The van der Waals surface area contributed by atoms with Crippen LogP contribution in [0.5, 0.6) is 0 Å². The van der Waals surface area contributed by atoms with Gasteiger partial charge in [-0.25, -0.2) is 4.98 Å². The maximum Gasteiger partial charge on any atom is 0.293 e. The number of rotatable bonds is 7. The van der Waals surface area contributed by atoms with E-state index >= 15 is 0 Å². The minimum atomic E-state index is -0.386. The van der Waals surface area contributed by atoms with Crippen LogP contribution in [0.25, 0.3) is 10.2 Å². The van der Waals surface area contributed by atoms with Gasteiger partial charge in [0.1, 0.15) is 5.69 Å². The van der Waals surface area contributed by atoms with E-state index in [1.54, 1.807) is 17.0 Å². The Balaban J connectivity index is 0.00000306. The van der Waals surface area contributed by atoms with Gasteiger partial charge >= 0.3 is 0 Å². The number of likely N-dealkylation sites (N-methyl/N-ethyl adjacent to an activating group) is 1. The molecule has 0 unspecified atom stereocenters. The summed E-state index contributed by atoms with van der Waals surface area (Å²) in [5, 5.41) is 12.4. The molecule has 0 saturated carbocycles. The zero-order valence-electron chi connectivity index (χ0n) is 18.8. The Labute approximate surface area is 203 Å². The van der Waals surface area contributed by atoms with Gasteiger partial charge in [-0.3, -0.25) is 19.8 Å². The fourth-order valence-corrected chi connectivity index (χ4v) is 4.91. The molecule has 0 N–H and O–H groups in total. The number of nitrogens with zero attached hydrogens (tertiary/aromatic N) is 5. The molecule has 1 saturated heterocycles. The zero-order valence-corrected chi connectivity index (χ0v) is 20.4. The van der Waals surface area contributed by atoms with Crippen molar-refractivity contribution in [3.05, 3.63) is 58.1 Å². The van der Waals surface area contributed by atoms with Crippen LogP contribution >= 0.6 is 23.7 Å². The summed E-state index contributed by atoms with van der Waals surface area (Å²) in [6, 6.07) is 12.6. The molecule has 0 atom stereocenters. The number of amides is 1.